The Hall–Kier alpha value is -2.74. The van der Waals surface area contributed by atoms with Crippen LogP contribution in [0.15, 0.2) is 12.1 Å². The first-order valence-electron chi connectivity index (χ1n) is 9.77. The molecule has 2 saturated heterocycles. The van der Waals surface area contributed by atoms with Crippen molar-refractivity contribution in [2.45, 2.75) is 58.2 Å². The van der Waals surface area contributed by atoms with E-state index in [2.05, 4.69) is 10.6 Å². The van der Waals surface area contributed by atoms with Crippen LogP contribution in [0, 0.1) is 25.7 Å². The van der Waals surface area contributed by atoms with Gasteiger partial charge in [0.15, 0.2) is 0 Å². The van der Waals surface area contributed by atoms with Crippen molar-refractivity contribution in [1.29, 1.82) is 0 Å². The number of nitrogens with two attached hydrogens (primary N) is 1. The zero-order valence-electron chi connectivity index (χ0n) is 17.3. The van der Waals surface area contributed by atoms with Crippen molar-refractivity contribution in [3.63, 3.8) is 0 Å². The quantitative estimate of drug-likeness (QED) is 0.633. The van der Waals surface area contributed by atoms with Gasteiger partial charge >= 0.3 is 0 Å². The Morgan fingerprint density at radius 3 is 2.41 bits per heavy atom. The first-order valence-corrected chi connectivity index (χ1v) is 9.77. The Morgan fingerprint density at radius 2 is 1.83 bits per heavy atom. The molecule has 0 aromatic heterocycles. The standard InChI is InChI=1S/C21H26N4O4/c1-9-6-7-11-16(10(9)2)23-19(29)21(11)15-14(12(24-21)8-13(22)26)17(27)25(18(15)28)20(3,4)5/h6-7,12,14-15,24H,8H2,1-5H3,(H2,22,26)(H,23,29). The van der Waals surface area contributed by atoms with Crippen LogP contribution < -0.4 is 16.4 Å². The predicted molar refractivity (Wildman–Crippen MR) is 106 cm³/mol. The van der Waals surface area contributed by atoms with Crippen molar-refractivity contribution in [2.75, 3.05) is 5.32 Å². The Labute approximate surface area is 169 Å². The highest BCUT2D eigenvalue weighted by Gasteiger charge is 2.71. The van der Waals surface area contributed by atoms with Gasteiger partial charge in [0.25, 0.3) is 0 Å². The summed E-state index contributed by atoms with van der Waals surface area (Å²) in [6.45, 7) is 9.19. The fraction of sp³-hybridized carbons (Fsp3) is 0.524. The molecule has 4 atom stereocenters. The van der Waals surface area contributed by atoms with Gasteiger partial charge in [0.1, 0.15) is 5.54 Å². The molecular weight excluding hydrogens is 372 g/mol. The van der Waals surface area contributed by atoms with Gasteiger partial charge in [0.2, 0.25) is 23.6 Å². The second kappa shape index (κ2) is 5.89. The van der Waals surface area contributed by atoms with Crippen LogP contribution in [-0.4, -0.2) is 40.1 Å². The second-order valence-corrected chi connectivity index (χ2v) is 9.30. The van der Waals surface area contributed by atoms with Crippen molar-refractivity contribution in [1.82, 2.24) is 10.2 Å². The topological polar surface area (TPSA) is 122 Å². The molecule has 154 valence electrons. The zero-order valence-corrected chi connectivity index (χ0v) is 17.3. The SMILES string of the molecule is Cc1ccc2c(c1C)NC(=O)C21NC(CC(N)=O)C2C(=O)N(C(C)(C)C)C(=O)C21. The number of rotatable bonds is 2. The van der Waals surface area contributed by atoms with Crippen LogP contribution in [0.5, 0.6) is 0 Å². The number of carbonyl (C=O) groups excluding carboxylic acids is 4. The number of nitrogens with one attached hydrogen (secondary N) is 2. The number of benzene rings is 1. The third kappa shape index (κ3) is 2.41. The third-order valence-electron chi connectivity index (χ3n) is 6.51. The number of likely N-dealkylation sites (tertiary alicyclic amines) is 1. The summed E-state index contributed by atoms with van der Waals surface area (Å²) in [7, 11) is 0. The molecule has 8 nitrogen and oxygen atoms in total. The fourth-order valence-corrected chi connectivity index (χ4v) is 5.17. The number of hydrogen-bond donors (Lipinski definition) is 3. The second-order valence-electron chi connectivity index (χ2n) is 9.30. The van der Waals surface area contributed by atoms with E-state index in [0.717, 1.165) is 11.1 Å². The van der Waals surface area contributed by atoms with Gasteiger partial charge < -0.3 is 11.1 Å². The Bertz CT molecular complexity index is 980. The number of hydrogen-bond acceptors (Lipinski definition) is 5. The lowest BCUT2D eigenvalue weighted by Gasteiger charge is -2.34. The number of anilines is 1. The number of primary amides is 1. The van der Waals surface area contributed by atoms with E-state index in [1.54, 1.807) is 20.8 Å². The summed E-state index contributed by atoms with van der Waals surface area (Å²) in [4.78, 5) is 53.1. The molecule has 0 saturated carbocycles. The Balaban J connectivity index is 1.94. The molecule has 29 heavy (non-hydrogen) atoms. The molecular formula is C21H26N4O4. The van der Waals surface area contributed by atoms with Gasteiger partial charge in [-0.3, -0.25) is 29.4 Å². The van der Waals surface area contributed by atoms with Crippen LogP contribution in [-0.2, 0) is 24.7 Å². The third-order valence-corrected chi connectivity index (χ3v) is 6.51. The summed E-state index contributed by atoms with van der Waals surface area (Å²) < 4.78 is 0. The van der Waals surface area contributed by atoms with Crippen LogP contribution in [0.1, 0.15) is 43.9 Å². The lowest BCUT2D eigenvalue weighted by atomic mass is 9.76. The Kier molecular flexibility index (Phi) is 3.97. The van der Waals surface area contributed by atoms with Gasteiger partial charge in [-0.05, 0) is 45.7 Å². The van der Waals surface area contributed by atoms with Crippen molar-refractivity contribution >= 4 is 29.3 Å². The van der Waals surface area contributed by atoms with Gasteiger partial charge in [0, 0.05) is 29.3 Å². The molecule has 4 amide bonds. The monoisotopic (exact) mass is 398 g/mol. The molecule has 0 aliphatic carbocycles. The van der Waals surface area contributed by atoms with Gasteiger partial charge in [-0.25, -0.2) is 0 Å². The molecule has 1 aromatic rings. The maximum absolute atomic E-state index is 13.5. The Morgan fingerprint density at radius 1 is 1.17 bits per heavy atom. The predicted octanol–water partition coefficient (Wildman–Crippen LogP) is 0.698. The van der Waals surface area contributed by atoms with E-state index in [1.165, 1.54) is 4.90 Å². The number of aryl methyl sites for hydroxylation is 1. The minimum Gasteiger partial charge on any atom is -0.370 e. The lowest BCUT2D eigenvalue weighted by molar-refractivity contribution is -0.147. The largest absolute Gasteiger partial charge is 0.370 e. The number of fused-ring (bicyclic) bond motifs is 4. The average molecular weight is 398 g/mol. The van der Waals surface area contributed by atoms with E-state index < -0.39 is 40.8 Å². The van der Waals surface area contributed by atoms with Crippen molar-refractivity contribution in [3.05, 3.63) is 28.8 Å². The van der Waals surface area contributed by atoms with Crippen molar-refractivity contribution < 1.29 is 19.2 Å². The number of nitrogens with zero attached hydrogens (tertiary/aromatic N) is 1. The zero-order chi connectivity index (χ0) is 21.5. The van der Waals surface area contributed by atoms with Crippen LogP contribution in [0.4, 0.5) is 5.69 Å². The average Bonchev–Trinajstić information content (AvgIpc) is 3.16. The van der Waals surface area contributed by atoms with Crippen LogP contribution in [0.3, 0.4) is 0 Å². The summed E-state index contributed by atoms with van der Waals surface area (Å²) in [6.07, 6.45) is -0.132. The molecule has 1 aromatic carbocycles. The van der Waals surface area contributed by atoms with E-state index in [-0.39, 0.29) is 18.2 Å². The van der Waals surface area contributed by atoms with Crippen molar-refractivity contribution in [2.24, 2.45) is 17.6 Å². The molecule has 8 heteroatoms. The summed E-state index contributed by atoms with van der Waals surface area (Å²) >= 11 is 0. The van der Waals surface area contributed by atoms with Crippen LogP contribution >= 0.6 is 0 Å². The highest BCUT2D eigenvalue weighted by Crippen LogP contribution is 2.54. The van der Waals surface area contributed by atoms with E-state index in [4.69, 9.17) is 5.73 Å². The van der Waals surface area contributed by atoms with Gasteiger partial charge in [-0.15, -0.1) is 0 Å². The molecule has 0 bridgehead atoms. The molecule has 1 spiro atoms. The molecule has 4 unspecified atom stereocenters. The van der Waals surface area contributed by atoms with Crippen molar-refractivity contribution in [3.8, 4) is 0 Å². The number of imide groups is 1. The summed E-state index contributed by atoms with van der Waals surface area (Å²) in [5, 5.41) is 6.12. The molecule has 0 radical (unpaired) electrons. The number of carbonyl (C=O) groups is 4. The molecule has 4 rings (SSSR count). The molecule has 3 aliphatic heterocycles. The van der Waals surface area contributed by atoms with Crippen LogP contribution in [0.2, 0.25) is 0 Å². The fourth-order valence-electron chi connectivity index (χ4n) is 5.17. The normalized spacial score (nSPS) is 30.7. The summed E-state index contributed by atoms with van der Waals surface area (Å²) in [6, 6.07) is 3.03. The number of amides is 4. The van der Waals surface area contributed by atoms with Gasteiger partial charge in [0.05, 0.1) is 11.8 Å². The van der Waals surface area contributed by atoms with E-state index >= 15 is 0 Å². The van der Waals surface area contributed by atoms with E-state index in [1.807, 2.05) is 26.0 Å². The maximum Gasteiger partial charge on any atom is 0.250 e. The smallest absolute Gasteiger partial charge is 0.250 e. The van der Waals surface area contributed by atoms with E-state index in [0.29, 0.717) is 11.3 Å². The molecule has 3 aliphatic rings. The first-order chi connectivity index (χ1) is 13.4. The highest BCUT2D eigenvalue weighted by molar-refractivity contribution is 6.16. The minimum atomic E-state index is -1.40. The summed E-state index contributed by atoms with van der Waals surface area (Å²) in [5.41, 5.74) is 6.52. The van der Waals surface area contributed by atoms with Gasteiger partial charge in [-0.2, -0.15) is 0 Å². The van der Waals surface area contributed by atoms with Gasteiger partial charge in [-0.1, -0.05) is 12.1 Å². The van der Waals surface area contributed by atoms with E-state index in [9.17, 15) is 19.2 Å². The lowest BCUT2D eigenvalue weighted by Crippen LogP contribution is -2.56. The molecule has 2 fully saturated rings. The molecule has 3 heterocycles. The summed E-state index contributed by atoms with van der Waals surface area (Å²) in [5.74, 6) is -3.48. The maximum atomic E-state index is 13.5. The van der Waals surface area contributed by atoms with Crippen LogP contribution in [0.25, 0.3) is 0 Å². The minimum absolute atomic E-state index is 0.132. The highest BCUT2D eigenvalue weighted by atomic mass is 16.2. The molecule has 4 N–H and O–H groups in total. The first kappa shape index (κ1) is 19.6.